The molecule has 0 radical (unpaired) electrons. The quantitative estimate of drug-likeness (QED) is 0.315. The van der Waals surface area contributed by atoms with Crippen LogP contribution in [0.2, 0.25) is 0 Å². The average molecular weight is 514 g/mol. The van der Waals surface area contributed by atoms with Crippen molar-refractivity contribution in [3.05, 3.63) is 89.5 Å². The fourth-order valence-electron chi connectivity index (χ4n) is 4.40. The van der Waals surface area contributed by atoms with Gasteiger partial charge in [-0.1, -0.05) is 79.2 Å². The number of nitrogens with zero attached hydrogens (tertiary/aromatic N) is 4. The lowest BCUT2D eigenvalue weighted by molar-refractivity contribution is -0.142. The van der Waals surface area contributed by atoms with Gasteiger partial charge in [-0.15, -0.1) is 5.10 Å². The van der Waals surface area contributed by atoms with Gasteiger partial charge in [0.1, 0.15) is 23.9 Å². The van der Waals surface area contributed by atoms with Crippen LogP contribution in [0.3, 0.4) is 0 Å². The van der Waals surface area contributed by atoms with Crippen molar-refractivity contribution in [2.45, 2.75) is 46.3 Å². The smallest absolute Gasteiger partial charge is 0.247 e. The van der Waals surface area contributed by atoms with Gasteiger partial charge in [0, 0.05) is 12.1 Å². The van der Waals surface area contributed by atoms with Gasteiger partial charge >= 0.3 is 0 Å². The molecule has 0 aliphatic heterocycles. The molecule has 1 N–H and O–H groups in total. The van der Waals surface area contributed by atoms with Crippen LogP contribution in [0.4, 0.5) is 0 Å². The maximum absolute atomic E-state index is 14.0. The van der Waals surface area contributed by atoms with E-state index < -0.39 is 6.04 Å². The number of methoxy groups -OCH3 is 1. The highest BCUT2D eigenvalue weighted by molar-refractivity contribution is 5.89. The molecule has 0 unspecified atom stereocenters. The van der Waals surface area contributed by atoms with E-state index in [4.69, 9.17) is 4.74 Å². The summed E-state index contributed by atoms with van der Waals surface area (Å²) in [5.41, 5.74) is 4.08. The lowest BCUT2D eigenvalue weighted by Gasteiger charge is -2.32. The van der Waals surface area contributed by atoms with Gasteiger partial charge in [0.2, 0.25) is 11.8 Å². The Bertz CT molecular complexity index is 1380. The number of hydrogen-bond donors (Lipinski definition) is 1. The van der Waals surface area contributed by atoms with E-state index in [0.29, 0.717) is 23.7 Å². The van der Waals surface area contributed by atoms with E-state index in [1.54, 1.807) is 16.7 Å². The average Bonchev–Trinajstić information content (AvgIpc) is 3.32. The van der Waals surface area contributed by atoms with Crippen LogP contribution in [0.15, 0.2) is 72.8 Å². The zero-order chi connectivity index (χ0) is 27.1. The maximum Gasteiger partial charge on any atom is 0.247 e. The number of carbonyl (C=O) groups excluding carboxylic acids is 2. The molecule has 0 fully saturated rings. The third kappa shape index (κ3) is 6.37. The van der Waals surface area contributed by atoms with Gasteiger partial charge < -0.3 is 15.0 Å². The van der Waals surface area contributed by atoms with E-state index in [0.717, 1.165) is 28.6 Å². The molecule has 1 heterocycles. The minimum atomic E-state index is -0.838. The molecule has 0 aliphatic rings. The molecule has 4 aromatic rings. The highest BCUT2D eigenvalue weighted by Gasteiger charge is 2.32. The summed E-state index contributed by atoms with van der Waals surface area (Å²) in [6, 6.07) is 21.9. The third-order valence-corrected chi connectivity index (χ3v) is 6.53. The highest BCUT2D eigenvalue weighted by atomic mass is 16.5. The van der Waals surface area contributed by atoms with Crippen LogP contribution in [-0.4, -0.2) is 45.4 Å². The first-order chi connectivity index (χ1) is 18.4. The molecule has 8 heteroatoms. The number of rotatable bonds is 11. The van der Waals surface area contributed by atoms with E-state index in [2.05, 4.69) is 29.5 Å². The molecule has 8 nitrogen and oxygen atoms in total. The van der Waals surface area contributed by atoms with Crippen LogP contribution in [0.1, 0.15) is 43.0 Å². The van der Waals surface area contributed by atoms with Gasteiger partial charge in [-0.25, -0.2) is 4.68 Å². The van der Waals surface area contributed by atoms with E-state index in [1.807, 2.05) is 79.7 Å². The van der Waals surface area contributed by atoms with Crippen LogP contribution in [0.25, 0.3) is 11.0 Å². The number of nitrogens with one attached hydrogen (secondary N) is 1. The van der Waals surface area contributed by atoms with Crippen molar-refractivity contribution in [1.82, 2.24) is 25.2 Å². The molecule has 0 saturated heterocycles. The summed E-state index contributed by atoms with van der Waals surface area (Å²) in [4.78, 5) is 29.4. The second-order valence-corrected chi connectivity index (χ2v) is 9.86. The van der Waals surface area contributed by atoms with Gasteiger partial charge in [0.25, 0.3) is 0 Å². The fraction of sp³-hybridized carbons (Fsp3) is 0.333. The Hall–Kier alpha value is -4.20. The predicted molar refractivity (Wildman–Crippen MR) is 147 cm³/mol. The SMILES string of the molecule is COc1ccccc1CN(C(=O)Cn1nnc2ccccc21)[C@@H](C(=O)NCCC(C)C)c1ccc(C)cc1. The molecule has 1 atom stereocenters. The number of amides is 2. The lowest BCUT2D eigenvalue weighted by Crippen LogP contribution is -2.45. The predicted octanol–water partition coefficient (Wildman–Crippen LogP) is 4.68. The third-order valence-electron chi connectivity index (χ3n) is 6.53. The number of aromatic nitrogens is 3. The van der Waals surface area contributed by atoms with Crippen LogP contribution in [0.5, 0.6) is 5.75 Å². The summed E-state index contributed by atoms with van der Waals surface area (Å²) in [7, 11) is 1.60. The summed E-state index contributed by atoms with van der Waals surface area (Å²) in [5.74, 6) is 0.622. The van der Waals surface area contributed by atoms with Crippen molar-refractivity contribution in [2.75, 3.05) is 13.7 Å². The molecule has 4 rings (SSSR count). The van der Waals surface area contributed by atoms with Crippen molar-refractivity contribution in [3.63, 3.8) is 0 Å². The number of hydrogen-bond acceptors (Lipinski definition) is 5. The summed E-state index contributed by atoms with van der Waals surface area (Å²) in [6.07, 6.45) is 0.845. The first-order valence-corrected chi connectivity index (χ1v) is 12.9. The largest absolute Gasteiger partial charge is 0.496 e. The maximum atomic E-state index is 14.0. The zero-order valence-corrected chi connectivity index (χ0v) is 22.4. The second-order valence-electron chi connectivity index (χ2n) is 9.86. The van der Waals surface area contributed by atoms with Gasteiger partial charge in [0.15, 0.2) is 0 Å². The van der Waals surface area contributed by atoms with Crippen LogP contribution < -0.4 is 10.1 Å². The van der Waals surface area contributed by atoms with Crippen molar-refractivity contribution in [3.8, 4) is 5.75 Å². The lowest BCUT2D eigenvalue weighted by atomic mass is 10.0. The molecule has 0 saturated carbocycles. The van der Waals surface area contributed by atoms with Crippen molar-refractivity contribution in [1.29, 1.82) is 0 Å². The monoisotopic (exact) mass is 513 g/mol. The standard InChI is InChI=1S/C30H35N5O3/c1-21(2)17-18-31-30(37)29(23-15-13-22(3)14-16-23)34(19-24-9-5-8-12-27(24)38-4)28(36)20-35-26-11-7-6-10-25(26)32-33-35/h5-16,21,29H,17-20H2,1-4H3,(H,31,37)/t29-/m1/s1. The van der Waals surface area contributed by atoms with Gasteiger partial charge in [-0.3, -0.25) is 9.59 Å². The zero-order valence-electron chi connectivity index (χ0n) is 22.4. The Kier molecular flexibility index (Phi) is 8.73. The van der Waals surface area contributed by atoms with Crippen LogP contribution in [0, 0.1) is 12.8 Å². The number of ether oxygens (including phenoxy) is 1. The molecule has 198 valence electrons. The van der Waals surface area contributed by atoms with Crippen LogP contribution >= 0.6 is 0 Å². The Labute approximate surface area is 223 Å². The number of aryl methyl sites for hydroxylation is 1. The Balaban J connectivity index is 1.74. The minimum Gasteiger partial charge on any atom is -0.496 e. The molecule has 2 amide bonds. The van der Waals surface area contributed by atoms with Crippen molar-refractivity contribution >= 4 is 22.8 Å². The van der Waals surface area contributed by atoms with Crippen LogP contribution in [-0.2, 0) is 22.7 Å². The molecule has 0 aliphatic carbocycles. The second kappa shape index (κ2) is 12.4. The molecular formula is C30H35N5O3. The van der Waals surface area contributed by atoms with Crippen molar-refractivity contribution < 1.29 is 14.3 Å². The Morgan fingerprint density at radius 2 is 1.71 bits per heavy atom. The first-order valence-electron chi connectivity index (χ1n) is 12.9. The van der Waals surface area contributed by atoms with E-state index in [9.17, 15) is 9.59 Å². The summed E-state index contributed by atoms with van der Waals surface area (Å²) in [5, 5.41) is 11.5. The van der Waals surface area contributed by atoms with Gasteiger partial charge in [-0.2, -0.15) is 0 Å². The molecule has 3 aromatic carbocycles. The highest BCUT2D eigenvalue weighted by Crippen LogP contribution is 2.28. The minimum absolute atomic E-state index is 0.0582. The molecule has 0 bridgehead atoms. The summed E-state index contributed by atoms with van der Waals surface area (Å²) >= 11 is 0. The molecular weight excluding hydrogens is 478 g/mol. The van der Waals surface area contributed by atoms with Crippen molar-refractivity contribution in [2.24, 2.45) is 5.92 Å². The Morgan fingerprint density at radius 3 is 2.45 bits per heavy atom. The van der Waals surface area contributed by atoms with Gasteiger partial charge in [-0.05, 0) is 43.0 Å². The number of carbonyl (C=O) groups is 2. The van der Waals surface area contributed by atoms with E-state index in [-0.39, 0.29) is 24.9 Å². The topological polar surface area (TPSA) is 89.3 Å². The van der Waals surface area contributed by atoms with Gasteiger partial charge in [0.05, 0.1) is 19.2 Å². The number of benzene rings is 3. The van der Waals surface area contributed by atoms with E-state index >= 15 is 0 Å². The van der Waals surface area contributed by atoms with E-state index in [1.165, 1.54) is 0 Å². The normalized spacial score (nSPS) is 11.9. The number of para-hydroxylation sites is 2. The molecule has 38 heavy (non-hydrogen) atoms. The number of fused-ring (bicyclic) bond motifs is 1. The molecule has 0 spiro atoms. The summed E-state index contributed by atoms with van der Waals surface area (Å²) < 4.78 is 7.16. The molecule has 1 aromatic heterocycles. The first kappa shape index (κ1) is 26.9. The fourth-order valence-corrected chi connectivity index (χ4v) is 4.40. The Morgan fingerprint density at radius 1 is 1.00 bits per heavy atom. The summed E-state index contributed by atoms with van der Waals surface area (Å²) in [6.45, 7) is 6.88.